The van der Waals surface area contributed by atoms with E-state index >= 15 is 0 Å². The van der Waals surface area contributed by atoms with Crippen molar-refractivity contribution in [1.82, 2.24) is 20.1 Å². The van der Waals surface area contributed by atoms with E-state index in [4.69, 9.17) is 0 Å². The second kappa shape index (κ2) is 5.81. The van der Waals surface area contributed by atoms with Crippen LogP contribution in [0.25, 0.3) is 0 Å². The van der Waals surface area contributed by atoms with Crippen LogP contribution in [0.2, 0.25) is 0 Å². The van der Waals surface area contributed by atoms with Crippen LogP contribution in [-0.4, -0.2) is 58.3 Å². The number of pyridine rings is 1. The summed E-state index contributed by atoms with van der Waals surface area (Å²) in [4.78, 5) is 32.7. The van der Waals surface area contributed by atoms with Crippen LogP contribution in [0.1, 0.15) is 19.0 Å². The maximum Gasteiger partial charge on any atom is 0.245 e. The van der Waals surface area contributed by atoms with Crippen molar-refractivity contribution in [2.24, 2.45) is 0 Å². The van der Waals surface area contributed by atoms with Gasteiger partial charge in [0.1, 0.15) is 12.1 Å². The zero-order valence-electron chi connectivity index (χ0n) is 12.2. The highest BCUT2D eigenvalue weighted by atomic mass is 16.2. The number of piperazine rings is 2. The lowest BCUT2D eigenvalue weighted by Gasteiger charge is -2.45. The summed E-state index contributed by atoms with van der Waals surface area (Å²) < 4.78 is 0. The lowest BCUT2D eigenvalue weighted by molar-refractivity contribution is -0.153. The van der Waals surface area contributed by atoms with E-state index in [0.717, 1.165) is 12.2 Å². The molecule has 0 saturated carbocycles. The molecule has 6 heteroatoms. The van der Waals surface area contributed by atoms with Crippen LogP contribution in [0.5, 0.6) is 0 Å². The molecule has 2 amide bonds. The normalized spacial score (nSPS) is 26.4. The molecule has 21 heavy (non-hydrogen) atoms. The highest BCUT2D eigenvalue weighted by molar-refractivity contribution is 5.97. The Bertz CT molecular complexity index is 534. The number of amides is 2. The highest BCUT2D eigenvalue weighted by Gasteiger charge is 2.42. The van der Waals surface area contributed by atoms with Crippen molar-refractivity contribution < 1.29 is 9.59 Å². The smallest absolute Gasteiger partial charge is 0.245 e. The van der Waals surface area contributed by atoms with Gasteiger partial charge in [0.05, 0.1) is 5.69 Å². The quantitative estimate of drug-likeness (QED) is 0.850. The molecule has 0 radical (unpaired) electrons. The Balaban J connectivity index is 1.68. The molecule has 112 valence electrons. The van der Waals surface area contributed by atoms with Crippen molar-refractivity contribution in [2.75, 3.05) is 19.6 Å². The summed E-state index contributed by atoms with van der Waals surface area (Å²) in [5, 5.41) is 2.83. The summed E-state index contributed by atoms with van der Waals surface area (Å²) in [6, 6.07) is 5.11. The fourth-order valence-electron chi connectivity index (χ4n) is 3.00. The highest BCUT2D eigenvalue weighted by Crippen LogP contribution is 2.18. The maximum absolute atomic E-state index is 12.3. The van der Waals surface area contributed by atoms with Crippen molar-refractivity contribution in [1.29, 1.82) is 0 Å². The number of fused-ring (bicyclic) bond motifs is 1. The zero-order valence-corrected chi connectivity index (χ0v) is 12.2. The molecule has 2 saturated heterocycles. The second-order valence-electron chi connectivity index (χ2n) is 5.57. The van der Waals surface area contributed by atoms with Gasteiger partial charge < -0.3 is 10.2 Å². The van der Waals surface area contributed by atoms with Gasteiger partial charge in [0.15, 0.2) is 0 Å². The molecule has 0 aliphatic carbocycles. The molecular weight excluding hydrogens is 268 g/mol. The van der Waals surface area contributed by atoms with Crippen LogP contribution < -0.4 is 5.32 Å². The minimum Gasteiger partial charge on any atom is -0.342 e. The van der Waals surface area contributed by atoms with Gasteiger partial charge >= 0.3 is 0 Å². The van der Waals surface area contributed by atoms with Crippen molar-refractivity contribution in [2.45, 2.75) is 32.0 Å². The molecule has 3 heterocycles. The van der Waals surface area contributed by atoms with Gasteiger partial charge in [-0.25, -0.2) is 0 Å². The molecule has 6 nitrogen and oxygen atoms in total. The number of hydrogen-bond donors (Lipinski definition) is 1. The fraction of sp³-hybridized carbons (Fsp3) is 0.533. The molecule has 0 spiro atoms. The fourth-order valence-corrected chi connectivity index (χ4v) is 3.00. The van der Waals surface area contributed by atoms with E-state index in [1.165, 1.54) is 0 Å². The number of carbonyl (C=O) groups is 2. The van der Waals surface area contributed by atoms with Crippen LogP contribution in [-0.2, 0) is 16.1 Å². The molecular formula is C15H20N4O2. The van der Waals surface area contributed by atoms with Gasteiger partial charge in [-0.15, -0.1) is 0 Å². The van der Waals surface area contributed by atoms with E-state index < -0.39 is 0 Å². The molecule has 0 aromatic carbocycles. The second-order valence-corrected chi connectivity index (χ2v) is 5.57. The summed E-state index contributed by atoms with van der Waals surface area (Å²) in [6.45, 7) is 4.59. The molecule has 2 aliphatic rings. The van der Waals surface area contributed by atoms with Gasteiger partial charge in [-0.2, -0.15) is 0 Å². The van der Waals surface area contributed by atoms with E-state index in [0.29, 0.717) is 26.1 Å². The molecule has 3 rings (SSSR count). The average molecular weight is 288 g/mol. The molecule has 2 aliphatic heterocycles. The number of hydrogen-bond acceptors (Lipinski definition) is 4. The molecule has 0 bridgehead atoms. The maximum atomic E-state index is 12.3. The van der Waals surface area contributed by atoms with Crippen LogP contribution in [0, 0.1) is 0 Å². The number of carbonyl (C=O) groups excluding carboxylic acids is 2. The zero-order chi connectivity index (χ0) is 14.8. The van der Waals surface area contributed by atoms with E-state index in [1.54, 1.807) is 11.1 Å². The first kappa shape index (κ1) is 14.0. The van der Waals surface area contributed by atoms with Gasteiger partial charge in [0, 0.05) is 32.4 Å². The van der Waals surface area contributed by atoms with Gasteiger partial charge in [-0.3, -0.25) is 19.5 Å². The van der Waals surface area contributed by atoms with Crippen molar-refractivity contribution in [3.8, 4) is 0 Å². The monoisotopic (exact) mass is 288 g/mol. The van der Waals surface area contributed by atoms with Gasteiger partial charge in [0.2, 0.25) is 11.8 Å². The largest absolute Gasteiger partial charge is 0.342 e. The number of nitrogens with zero attached hydrogens (tertiary/aromatic N) is 3. The van der Waals surface area contributed by atoms with Crippen molar-refractivity contribution in [3.05, 3.63) is 30.1 Å². The predicted molar refractivity (Wildman–Crippen MR) is 77.2 cm³/mol. The predicted octanol–water partition coefficient (Wildman–Crippen LogP) is 0.00280. The molecule has 1 aromatic rings. The van der Waals surface area contributed by atoms with Crippen LogP contribution in [0.3, 0.4) is 0 Å². The summed E-state index contributed by atoms with van der Waals surface area (Å²) in [5.41, 5.74) is 0.986. The Morgan fingerprint density at radius 3 is 2.90 bits per heavy atom. The van der Waals surface area contributed by atoms with Crippen LogP contribution in [0.4, 0.5) is 0 Å². The first-order valence-electron chi connectivity index (χ1n) is 7.42. The summed E-state index contributed by atoms with van der Waals surface area (Å²) in [6.07, 6.45) is 2.42. The van der Waals surface area contributed by atoms with Gasteiger partial charge in [-0.1, -0.05) is 13.0 Å². The third-order valence-corrected chi connectivity index (χ3v) is 4.18. The Hall–Kier alpha value is -1.95. The van der Waals surface area contributed by atoms with E-state index in [-0.39, 0.29) is 23.9 Å². The minimum absolute atomic E-state index is 0.0350. The Morgan fingerprint density at radius 2 is 2.19 bits per heavy atom. The average Bonchev–Trinajstić information content (AvgIpc) is 2.52. The molecule has 0 unspecified atom stereocenters. The van der Waals surface area contributed by atoms with Crippen molar-refractivity contribution in [3.63, 3.8) is 0 Å². The van der Waals surface area contributed by atoms with E-state index in [9.17, 15) is 9.59 Å². The third kappa shape index (κ3) is 2.76. The third-order valence-electron chi connectivity index (χ3n) is 4.18. The summed E-state index contributed by atoms with van der Waals surface area (Å²) in [5.74, 6) is 0.0201. The summed E-state index contributed by atoms with van der Waals surface area (Å²) >= 11 is 0. The van der Waals surface area contributed by atoms with E-state index in [2.05, 4.69) is 15.2 Å². The molecule has 2 atom stereocenters. The lowest BCUT2D eigenvalue weighted by atomic mass is 10.0. The van der Waals surface area contributed by atoms with Crippen LogP contribution >= 0.6 is 0 Å². The van der Waals surface area contributed by atoms with Gasteiger partial charge in [-0.05, 0) is 18.6 Å². The Labute approximate surface area is 124 Å². The minimum atomic E-state index is -0.363. The summed E-state index contributed by atoms with van der Waals surface area (Å²) in [7, 11) is 0. The Kier molecular flexibility index (Phi) is 3.88. The van der Waals surface area contributed by atoms with Crippen molar-refractivity contribution >= 4 is 11.8 Å². The first-order chi connectivity index (χ1) is 10.2. The SMILES string of the molecule is CC[C@@H]1NC(=O)[C@H]2CN(Cc3ccccn3)CCN2C1=O. The van der Waals surface area contributed by atoms with E-state index in [1.807, 2.05) is 25.1 Å². The van der Waals surface area contributed by atoms with Crippen LogP contribution in [0.15, 0.2) is 24.4 Å². The molecule has 2 fully saturated rings. The standard InChI is InChI=1S/C15H20N4O2/c1-2-12-15(21)19-8-7-18(10-13(19)14(20)17-12)9-11-5-3-4-6-16-11/h3-6,12-13H,2,7-10H2,1H3,(H,17,20)/t12-,13+/m0/s1. The Morgan fingerprint density at radius 1 is 1.33 bits per heavy atom. The number of rotatable bonds is 3. The number of aromatic nitrogens is 1. The first-order valence-corrected chi connectivity index (χ1v) is 7.42. The topological polar surface area (TPSA) is 65.5 Å². The lowest BCUT2D eigenvalue weighted by Crippen LogP contribution is -2.68. The number of nitrogens with one attached hydrogen (secondary N) is 1. The molecule has 1 N–H and O–H groups in total. The van der Waals surface area contributed by atoms with Gasteiger partial charge in [0.25, 0.3) is 0 Å². The molecule has 1 aromatic heterocycles.